The van der Waals surface area contributed by atoms with Gasteiger partial charge in [-0.15, -0.1) is 0 Å². The molecule has 0 radical (unpaired) electrons. The van der Waals surface area contributed by atoms with Gasteiger partial charge in [-0.2, -0.15) is 0 Å². The van der Waals surface area contributed by atoms with Crippen molar-refractivity contribution in [3.05, 3.63) is 23.8 Å². The summed E-state index contributed by atoms with van der Waals surface area (Å²) in [6.45, 7) is 4.33. The quantitative estimate of drug-likeness (QED) is 0.877. The highest BCUT2D eigenvalue weighted by Gasteiger charge is 2.25. The van der Waals surface area contributed by atoms with Gasteiger partial charge in [-0.3, -0.25) is 0 Å². The van der Waals surface area contributed by atoms with Crippen LogP contribution in [0.5, 0.6) is 5.75 Å². The maximum Gasteiger partial charge on any atom is 0.179 e. The standard InChI is InChI=1S/C16H25NO3S/c1-11(13-6-5-7-13)17-12(2)14-8-9-16(21(4,18)19)15(10-14)20-3/h8-13,17H,5-7H2,1-4H3. The summed E-state index contributed by atoms with van der Waals surface area (Å²) in [5, 5.41) is 3.60. The molecule has 0 aliphatic heterocycles. The molecule has 21 heavy (non-hydrogen) atoms. The molecule has 2 rings (SSSR count). The van der Waals surface area contributed by atoms with E-state index in [9.17, 15) is 8.42 Å². The maximum absolute atomic E-state index is 11.7. The molecular weight excluding hydrogens is 286 g/mol. The van der Waals surface area contributed by atoms with Crippen LogP contribution in [0, 0.1) is 5.92 Å². The summed E-state index contributed by atoms with van der Waals surface area (Å²) >= 11 is 0. The van der Waals surface area contributed by atoms with Crippen molar-refractivity contribution >= 4 is 9.84 Å². The Morgan fingerprint density at radius 1 is 1.29 bits per heavy atom. The molecule has 5 heteroatoms. The van der Waals surface area contributed by atoms with Gasteiger partial charge in [0.25, 0.3) is 0 Å². The molecule has 1 N–H and O–H groups in total. The Bertz CT molecular complexity index is 594. The van der Waals surface area contributed by atoms with Crippen molar-refractivity contribution in [1.29, 1.82) is 0 Å². The van der Waals surface area contributed by atoms with Crippen molar-refractivity contribution in [2.24, 2.45) is 5.92 Å². The monoisotopic (exact) mass is 311 g/mol. The number of benzene rings is 1. The predicted octanol–water partition coefficient (Wildman–Crippen LogP) is 2.94. The fourth-order valence-electron chi connectivity index (χ4n) is 2.83. The first kappa shape index (κ1) is 16.3. The molecule has 1 aliphatic carbocycles. The number of hydrogen-bond donors (Lipinski definition) is 1. The predicted molar refractivity (Wildman–Crippen MR) is 84.5 cm³/mol. The molecule has 1 saturated carbocycles. The Balaban J connectivity index is 2.16. The minimum Gasteiger partial charge on any atom is -0.495 e. The van der Waals surface area contributed by atoms with Gasteiger partial charge in [-0.25, -0.2) is 8.42 Å². The summed E-state index contributed by atoms with van der Waals surface area (Å²) in [6, 6.07) is 5.97. The molecule has 0 spiro atoms. The van der Waals surface area contributed by atoms with Crippen LogP contribution in [0.1, 0.15) is 44.7 Å². The molecule has 0 amide bonds. The molecule has 0 aromatic heterocycles. The first-order chi connectivity index (χ1) is 9.82. The molecule has 0 heterocycles. The Kier molecular flexibility index (Phi) is 4.94. The van der Waals surface area contributed by atoms with Crippen LogP contribution in [0.2, 0.25) is 0 Å². The molecule has 0 saturated heterocycles. The lowest BCUT2D eigenvalue weighted by atomic mass is 9.80. The van der Waals surface area contributed by atoms with Crippen LogP contribution in [0.4, 0.5) is 0 Å². The minimum atomic E-state index is -3.26. The smallest absolute Gasteiger partial charge is 0.179 e. The Morgan fingerprint density at radius 3 is 2.43 bits per heavy atom. The summed E-state index contributed by atoms with van der Waals surface area (Å²) in [7, 11) is -1.76. The molecule has 1 aromatic carbocycles. The third-order valence-corrected chi connectivity index (χ3v) is 5.59. The van der Waals surface area contributed by atoms with E-state index in [0.29, 0.717) is 11.8 Å². The zero-order valence-electron chi connectivity index (χ0n) is 13.2. The van der Waals surface area contributed by atoms with Crippen LogP contribution in [0.25, 0.3) is 0 Å². The highest BCUT2D eigenvalue weighted by Crippen LogP contribution is 2.32. The largest absolute Gasteiger partial charge is 0.495 e. The van der Waals surface area contributed by atoms with Gasteiger partial charge in [-0.1, -0.05) is 12.5 Å². The summed E-state index contributed by atoms with van der Waals surface area (Å²) in [5.41, 5.74) is 1.05. The van der Waals surface area contributed by atoms with E-state index in [-0.39, 0.29) is 10.9 Å². The van der Waals surface area contributed by atoms with E-state index < -0.39 is 9.84 Å². The molecule has 1 aliphatic rings. The molecular formula is C16H25NO3S. The SMILES string of the molecule is COc1cc(C(C)NC(C)C2CCC2)ccc1S(C)(=O)=O. The van der Waals surface area contributed by atoms with Gasteiger partial charge < -0.3 is 10.1 Å². The van der Waals surface area contributed by atoms with Crippen molar-refractivity contribution in [2.75, 3.05) is 13.4 Å². The Hall–Kier alpha value is -1.07. The van der Waals surface area contributed by atoms with Crippen molar-refractivity contribution in [2.45, 2.75) is 50.1 Å². The van der Waals surface area contributed by atoms with Gasteiger partial charge in [0.05, 0.1) is 7.11 Å². The lowest BCUT2D eigenvalue weighted by Gasteiger charge is -2.34. The second kappa shape index (κ2) is 6.36. The number of sulfone groups is 1. The van der Waals surface area contributed by atoms with E-state index in [1.54, 1.807) is 6.07 Å². The molecule has 2 unspecified atom stereocenters. The van der Waals surface area contributed by atoms with Crippen LogP contribution < -0.4 is 10.1 Å². The number of rotatable bonds is 6. The normalized spacial score (nSPS) is 18.9. The van der Waals surface area contributed by atoms with Crippen molar-refractivity contribution in [3.63, 3.8) is 0 Å². The average molecular weight is 311 g/mol. The molecule has 4 nitrogen and oxygen atoms in total. The molecule has 2 atom stereocenters. The van der Waals surface area contributed by atoms with Crippen LogP contribution in [-0.2, 0) is 9.84 Å². The summed E-state index contributed by atoms with van der Waals surface area (Å²) in [4.78, 5) is 0.244. The second-order valence-electron chi connectivity index (χ2n) is 6.05. The highest BCUT2D eigenvalue weighted by atomic mass is 32.2. The second-order valence-corrected chi connectivity index (χ2v) is 8.03. The van der Waals surface area contributed by atoms with Crippen LogP contribution in [-0.4, -0.2) is 27.8 Å². The van der Waals surface area contributed by atoms with E-state index in [2.05, 4.69) is 19.2 Å². The summed E-state index contributed by atoms with van der Waals surface area (Å²) in [5.74, 6) is 1.18. The van der Waals surface area contributed by atoms with Gasteiger partial charge in [-0.05, 0) is 50.3 Å². The lowest BCUT2D eigenvalue weighted by Crippen LogP contribution is -2.38. The van der Waals surface area contributed by atoms with Gasteiger partial charge in [0, 0.05) is 18.3 Å². The fourth-order valence-corrected chi connectivity index (χ4v) is 3.65. The molecule has 0 bridgehead atoms. The van der Waals surface area contributed by atoms with E-state index in [1.165, 1.54) is 32.6 Å². The van der Waals surface area contributed by atoms with Crippen molar-refractivity contribution < 1.29 is 13.2 Å². The van der Waals surface area contributed by atoms with E-state index in [1.807, 2.05) is 12.1 Å². The zero-order valence-corrected chi connectivity index (χ0v) is 14.0. The third kappa shape index (κ3) is 3.77. The first-order valence-electron chi connectivity index (χ1n) is 7.47. The molecule has 1 fully saturated rings. The van der Waals surface area contributed by atoms with Gasteiger partial charge in [0.1, 0.15) is 10.6 Å². The highest BCUT2D eigenvalue weighted by molar-refractivity contribution is 7.90. The number of ether oxygens (including phenoxy) is 1. The van der Waals surface area contributed by atoms with Crippen LogP contribution in [0.15, 0.2) is 23.1 Å². The Morgan fingerprint density at radius 2 is 1.95 bits per heavy atom. The van der Waals surface area contributed by atoms with Crippen molar-refractivity contribution in [1.82, 2.24) is 5.32 Å². The summed E-state index contributed by atoms with van der Waals surface area (Å²) < 4.78 is 28.7. The number of nitrogens with one attached hydrogen (secondary N) is 1. The van der Waals surface area contributed by atoms with Crippen LogP contribution >= 0.6 is 0 Å². The zero-order chi connectivity index (χ0) is 15.6. The van der Waals surface area contributed by atoms with Gasteiger partial charge >= 0.3 is 0 Å². The van der Waals surface area contributed by atoms with Gasteiger partial charge in [0.2, 0.25) is 0 Å². The van der Waals surface area contributed by atoms with Gasteiger partial charge in [0.15, 0.2) is 9.84 Å². The topological polar surface area (TPSA) is 55.4 Å². The number of methoxy groups -OCH3 is 1. The lowest BCUT2D eigenvalue weighted by molar-refractivity contribution is 0.229. The maximum atomic E-state index is 11.7. The first-order valence-corrected chi connectivity index (χ1v) is 9.36. The van der Waals surface area contributed by atoms with E-state index >= 15 is 0 Å². The van der Waals surface area contributed by atoms with Crippen LogP contribution in [0.3, 0.4) is 0 Å². The molecule has 118 valence electrons. The third-order valence-electron chi connectivity index (χ3n) is 4.46. The minimum absolute atomic E-state index is 0.170. The van der Waals surface area contributed by atoms with E-state index in [4.69, 9.17) is 4.74 Å². The molecule has 1 aromatic rings. The Labute approximate surface area is 127 Å². The average Bonchev–Trinajstić information content (AvgIpc) is 2.34. The number of hydrogen-bond acceptors (Lipinski definition) is 4. The van der Waals surface area contributed by atoms with E-state index in [0.717, 1.165) is 11.5 Å². The van der Waals surface area contributed by atoms with Crippen molar-refractivity contribution in [3.8, 4) is 5.75 Å². The fraction of sp³-hybridized carbons (Fsp3) is 0.625. The summed E-state index contributed by atoms with van der Waals surface area (Å²) in [6.07, 6.45) is 5.14.